The van der Waals surface area contributed by atoms with Crippen LogP contribution in [0.3, 0.4) is 0 Å². The first-order valence-electron chi connectivity index (χ1n) is 11.1. The molecule has 1 amide bonds. The van der Waals surface area contributed by atoms with Crippen molar-refractivity contribution in [1.29, 1.82) is 0 Å². The maximum Gasteiger partial charge on any atom is 0.308 e. The number of carbonyl (C=O) groups is 2. The highest BCUT2D eigenvalue weighted by atomic mass is 32.2. The second-order valence-electron chi connectivity index (χ2n) is 9.03. The Balaban J connectivity index is 2.98. The number of thioether (sulfide) groups is 1. The normalized spacial score (nSPS) is 14.5. The minimum Gasteiger partial charge on any atom is -0.466 e. The molecular weight excluding hydrogens is 428 g/mol. The standard InChI is InChI=1S/C24H40N2O5S/c1-7-31-21(28)18(2)13-19-9-8-10-20(14-19)24(5,22(29)26-25-6)16-30-15-23(3,4)17-32-12-11-27/h8-10,14,18,25,27H,7,11-13,15-17H2,1-6H3,(H,26,29). The molecule has 0 fully saturated rings. The fourth-order valence-electron chi connectivity index (χ4n) is 3.28. The van der Waals surface area contributed by atoms with E-state index in [9.17, 15) is 9.59 Å². The monoisotopic (exact) mass is 468 g/mol. The molecule has 182 valence electrons. The van der Waals surface area contributed by atoms with Crippen molar-refractivity contribution in [2.24, 2.45) is 11.3 Å². The van der Waals surface area contributed by atoms with Gasteiger partial charge in [0.15, 0.2) is 0 Å². The first kappa shape index (κ1) is 28.4. The molecule has 2 atom stereocenters. The van der Waals surface area contributed by atoms with E-state index in [2.05, 4.69) is 24.7 Å². The number of hydrogen-bond acceptors (Lipinski definition) is 7. The van der Waals surface area contributed by atoms with E-state index in [0.29, 0.717) is 25.4 Å². The molecule has 0 saturated carbocycles. The molecule has 0 aliphatic heterocycles. The summed E-state index contributed by atoms with van der Waals surface area (Å²) in [5.74, 6) is 0.870. The van der Waals surface area contributed by atoms with E-state index in [4.69, 9.17) is 14.6 Å². The van der Waals surface area contributed by atoms with Gasteiger partial charge in [-0.1, -0.05) is 45.0 Å². The molecule has 0 heterocycles. The summed E-state index contributed by atoms with van der Waals surface area (Å²) < 4.78 is 11.2. The van der Waals surface area contributed by atoms with Crippen molar-refractivity contribution in [1.82, 2.24) is 10.9 Å². The molecule has 0 bridgehead atoms. The van der Waals surface area contributed by atoms with Crippen molar-refractivity contribution in [2.75, 3.05) is 45.0 Å². The molecule has 1 aromatic carbocycles. The van der Waals surface area contributed by atoms with E-state index in [1.165, 1.54) is 0 Å². The van der Waals surface area contributed by atoms with Crippen LogP contribution in [-0.2, 0) is 30.9 Å². The lowest BCUT2D eigenvalue weighted by Gasteiger charge is -2.31. The third kappa shape index (κ3) is 9.10. The first-order valence-corrected chi connectivity index (χ1v) is 12.2. The maximum atomic E-state index is 13.0. The topological polar surface area (TPSA) is 96.9 Å². The summed E-state index contributed by atoms with van der Waals surface area (Å²) in [6.45, 7) is 11.0. The second kappa shape index (κ2) is 13.8. The summed E-state index contributed by atoms with van der Waals surface area (Å²) in [7, 11) is 1.65. The van der Waals surface area contributed by atoms with Gasteiger partial charge in [0.2, 0.25) is 5.91 Å². The number of rotatable bonds is 15. The molecular formula is C24H40N2O5S. The quantitative estimate of drug-likeness (QED) is 0.207. The largest absolute Gasteiger partial charge is 0.466 e. The molecule has 2 unspecified atom stereocenters. The van der Waals surface area contributed by atoms with Crippen LogP contribution in [0.15, 0.2) is 24.3 Å². The van der Waals surface area contributed by atoms with Crippen molar-refractivity contribution in [3.63, 3.8) is 0 Å². The lowest BCUT2D eigenvalue weighted by atomic mass is 9.81. The van der Waals surface area contributed by atoms with Gasteiger partial charge in [0.05, 0.1) is 37.8 Å². The molecule has 0 saturated heterocycles. The Morgan fingerprint density at radius 2 is 1.94 bits per heavy atom. The van der Waals surface area contributed by atoms with Gasteiger partial charge in [-0.3, -0.25) is 15.0 Å². The van der Waals surface area contributed by atoms with Crippen LogP contribution in [0.2, 0.25) is 0 Å². The number of hydrogen-bond donors (Lipinski definition) is 3. The van der Waals surface area contributed by atoms with Crippen LogP contribution in [-0.4, -0.2) is 62.0 Å². The van der Waals surface area contributed by atoms with Gasteiger partial charge >= 0.3 is 5.97 Å². The van der Waals surface area contributed by atoms with Gasteiger partial charge in [-0.05, 0) is 36.8 Å². The molecule has 1 rings (SSSR count). The third-order valence-electron chi connectivity index (χ3n) is 5.15. The smallest absolute Gasteiger partial charge is 0.308 e. The number of aliphatic hydroxyl groups is 1. The average molecular weight is 469 g/mol. The Morgan fingerprint density at radius 1 is 1.22 bits per heavy atom. The zero-order valence-electron chi connectivity index (χ0n) is 20.3. The number of carbonyl (C=O) groups excluding carboxylic acids is 2. The minimum atomic E-state index is -0.916. The van der Waals surface area contributed by atoms with Gasteiger partial charge in [0.1, 0.15) is 0 Å². The summed E-state index contributed by atoms with van der Waals surface area (Å²) in [5.41, 5.74) is 6.20. The molecule has 1 aromatic rings. The summed E-state index contributed by atoms with van der Waals surface area (Å²) in [6, 6.07) is 7.75. The van der Waals surface area contributed by atoms with E-state index in [0.717, 1.165) is 16.9 Å². The Kier molecular flexibility index (Phi) is 12.3. The lowest BCUT2D eigenvalue weighted by Crippen LogP contribution is -2.50. The number of esters is 1. The summed E-state index contributed by atoms with van der Waals surface area (Å²) in [6.07, 6.45) is 0.534. The van der Waals surface area contributed by atoms with E-state index in [1.54, 1.807) is 25.7 Å². The number of aliphatic hydroxyl groups excluding tert-OH is 1. The number of nitrogens with one attached hydrogen (secondary N) is 2. The highest BCUT2D eigenvalue weighted by molar-refractivity contribution is 7.99. The van der Waals surface area contributed by atoms with Crippen LogP contribution in [0.25, 0.3) is 0 Å². The lowest BCUT2D eigenvalue weighted by molar-refractivity contribution is -0.147. The molecule has 8 heteroatoms. The fraction of sp³-hybridized carbons (Fsp3) is 0.667. The predicted octanol–water partition coefficient (Wildman–Crippen LogP) is 2.70. The highest BCUT2D eigenvalue weighted by Gasteiger charge is 2.36. The summed E-state index contributed by atoms with van der Waals surface area (Å²) in [4.78, 5) is 25.0. The number of amides is 1. The third-order valence-corrected chi connectivity index (χ3v) is 6.60. The Hall–Kier alpha value is -1.61. The molecule has 0 aromatic heterocycles. The molecule has 0 aliphatic carbocycles. The zero-order valence-corrected chi connectivity index (χ0v) is 21.1. The Labute approximate surface area is 197 Å². The number of hydrazine groups is 1. The van der Waals surface area contributed by atoms with Gasteiger partial charge in [-0.25, -0.2) is 5.43 Å². The molecule has 0 spiro atoms. The highest BCUT2D eigenvalue weighted by Crippen LogP contribution is 2.28. The summed E-state index contributed by atoms with van der Waals surface area (Å²) in [5, 5.41) is 8.99. The fourth-order valence-corrected chi connectivity index (χ4v) is 4.19. The first-order chi connectivity index (χ1) is 15.1. The van der Waals surface area contributed by atoms with Crippen LogP contribution >= 0.6 is 11.8 Å². The van der Waals surface area contributed by atoms with Crippen molar-refractivity contribution < 1.29 is 24.2 Å². The van der Waals surface area contributed by atoms with Crippen LogP contribution in [0.4, 0.5) is 0 Å². The van der Waals surface area contributed by atoms with Gasteiger partial charge in [-0.15, -0.1) is 0 Å². The van der Waals surface area contributed by atoms with Crippen LogP contribution < -0.4 is 10.9 Å². The van der Waals surface area contributed by atoms with Gasteiger partial charge in [-0.2, -0.15) is 11.8 Å². The van der Waals surface area contributed by atoms with Crippen molar-refractivity contribution in [3.05, 3.63) is 35.4 Å². The minimum absolute atomic E-state index is 0.0862. The van der Waals surface area contributed by atoms with Crippen LogP contribution in [0.1, 0.15) is 45.7 Å². The van der Waals surface area contributed by atoms with E-state index >= 15 is 0 Å². The van der Waals surface area contributed by atoms with Gasteiger partial charge < -0.3 is 14.6 Å². The number of ether oxygens (including phenoxy) is 2. The molecule has 0 radical (unpaired) electrons. The Morgan fingerprint density at radius 3 is 2.56 bits per heavy atom. The molecule has 7 nitrogen and oxygen atoms in total. The second-order valence-corrected chi connectivity index (χ2v) is 10.1. The maximum absolute atomic E-state index is 13.0. The zero-order chi connectivity index (χ0) is 24.2. The number of benzene rings is 1. The van der Waals surface area contributed by atoms with Crippen molar-refractivity contribution >= 4 is 23.6 Å². The average Bonchev–Trinajstić information content (AvgIpc) is 2.74. The molecule has 3 N–H and O–H groups in total. The van der Waals surface area contributed by atoms with E-state index in [-0.39, 0.29) is 36.4 Å². The summed E-state index contributed by atoms with van der Waals surface area (Å²) >= 11 is 1.69. The SMILES string of the molecule is CCOC(=O)C(C)Cc1cccc(C(C)(COCC(C)(C)CSCCO)C(=O)NNC)c1. The van der Waals surface area contributed by atoms with Crippen molar-refractivity contribution in [2.45, 2.75) is 46.5 Å². The van der Waals surface area contributed by atoms with Crippen molar-refractivity contribution in [3.8, 4) is 0 Å². The van der Waals surface area contributed by atoms with E-state index < -0.39 is 5.41 Å². The Bertz CT molecular complexity index is 728. The molecule has 32 heavy (non-hydrogen) atoms. The van der Waals surface area contributed by atoms with Gasteiger partial charge in [0, 0.05) is 18.6 Å². The molecule has 0 aliphatic rings. The van der Waals surface area contributed by atoms with Gasteiger partial charge in [0.25, 0.3) is 0 Å². The van der Waals surface area contributed by atoms with Crippen LogP contribution in [0, 0.1) is 11.3 Å². The predicted molar refractivity (Wildman–Crippen MR) is 130 cm³/mol. The van der Waals surface area contributed by atoms with E-state index in [1.807, 2.05) is 38.1 Å². The van der Waals surface area contributed by atoms with Crippen LogP contribution in [0.5, 0.6) is 0 Å².